The lowest BCUT2D eigenvalue weighted by atomic mass is 9.93. The van der Waals surface area contributed by atoms with Crippen LogP contribution in [-0.4, -0.2) is 11.6 Å². The molecule has 1 aliphatic rings. The highest BCUT2D eigenvalue weighted by Crippen LogP contribution is 2.33. The molecular formula is C6H11BrO. The smallest absolute Gasteiger partial charge is 0.113 e. The second kappa shape index (κ2) is 1.99. The van der Waals surface area contributed by atoms with E-state index < -0.39 is 0 Å². The standard InChI is InChI=1S/C6H11BrO/c1-6(2)3-5(7)8-4-6/h5H,3-4H2,1-2H3. The van der Waals surface area contributed by atoms with Crippen LogP contribution in [-0.2, 0) is 4.74 Å². The van der Waals surface area contributed by atoms with E-state index in [2.05, 4.69) is 29.8 Å². The van der Waals surface area contributed by atoms with Gasteiger partial charge >= 0.3 is 0 Å². The lowest BCUT2D eigenvalue weighted by Gasteiger charge is -2.11. The Morgan fingerprint density at radius 2 is 2.25 bits per heavy atom. The minimum absolute atomic E-state index is 0.303. The Labute approximate surface area is 58.5 Å². The van der Waals surface area contributed by atoms with Gasteiger partial charge in [-0.05, 0) is 11.8 Å². The van der Waals surface area contributed by atoms with Crippen molar-refractivity contribution < 1.29 is 4.74 Å². The number of ether oxygens (including phenoxy) is 1. The zero-order valence-electron chi connectivity index (χ0n) is 5.28. The molecule has 0 amide bonds. The summed E-state index contributed by atoms with van der Waals surface area (Å²) in [5, 5.41) is 0.303. The van der Waals surface area contributed by atoms with E-state index in [0.717, 1.165) is 13.0 Å². The van der Waals surface area contributed by atoms with Gasteiger partial charge in [-0.15, -0.1) is 0 Å². The van der Waals surface area contributed by atoms with Crippen LogP contribution in [0.5, 0.6) is 0 Å². The average molecular weight is 179 g/mol. The van der Waals surface area contributed by atoms with E-state index in [0.29, 0.717) is 10.4 Å². The largest absolute Gasteiger partial charge is 0.366 e. The highest BCUT2D eigenvalue weighted by molar-refractivity contribution is 9.09. The van der Waals surface area contributed by atoms with Gasteiger partial charge in [-0.25, -0.2) is 0 Å². The number of hydrogen-bond acceptors (Lipinski definition) is 1. The Hall–Kier alpha value is 0.440. The van der Waals surface area contributed by atoms with Crippen molar-refractivity contribution >= 4 is 15.9 Å². The normalized spacial score (nSPS) is 35.6. The minimum Gasteiger partial charge on any atom is -0.366 e. The van der Waals surface area contributed by atoms with Gasteiger partial charge in [0.05, 0.1) is 6.61 Å². The summed E-state index contributed by atoms with van der Waals surface area (Å²) in [6.07, 6.45) is 1.13. The fraction of sp³-hybridized carbons (Fsp3) is 1.00. The highest BCUT2D eigenvalue weighted by atomic mass is 79.9. The molecule has 1 heterocycles. The van der Waals surface area contributed by atoms with Gasteiger partial charge < -0.3 is 4.74 Å². The third kappa shape index (κ3) is 1.46. The lowest BCUT2D eigenvalue weighted by molar-refractivity contribution is 0.153. The van der Waals surface area contributed by atoms with Gasteiger partial charge in [-0.1, -0.05) is 29.8 Å². The van der Waals surface area contributed by atoms with Crippen molar-refractivity contribution in [1.29, 1.82) is 0 Å². The topological polar surface area (TPSA) is 9.23 Å². The molecule has 1 rings (SSSR count). The summed E-state index contributed by atoms with van der Waals surface area (Å²) < 4.78 is 5.28. The van der Waals surface area contributed by atoms with Gasteiger partial charge in [0.25, 0.3) is 0 Å². The van der Waals surface area contributed by atoms with Crippen LogP contribution in [0.3, 0.4) is 0 Å². The van der Waals surface area contributed by atoms with E-state index in [1.54, 1.807) is 0 Å². The summed E-state index contributed by atoms with van der Waals surface area (Å²) in [6, 6.07) is 0. The first-order chi connectivity index (χ1) is 3.60. The maximum Gasteiger partial charge on any atom is 0.113 e. The highest BCUT2D eigenvalue weighted by Gasteiger charge is 2.29. The fourth-order valence-electron chi connectivity index (χ4n) is 0.868. The maximum absolute atomic E-state index is 5.28. The predicted molar refractivity (Wildman–Crippen MR) is 37.1 cm³/mol. The van der Waals surface area contributed by atoms with Crippen LogP contribution in [0.1, 0.15) is 20.3 Å². The zero-order chi connectivity index (χ0) is 6.20. The van der Waals surface area contributed by atoms with Crippen LogP contribution in [0, 0.1) is 5.41 Å². The van der Waals surface area contributed by atoms with Crippen molar-refractivity contribution in [2.45, 2.75) is 25.3 Å². The molecule has 0 N–H and O–H groups in total. The van der Waals surface area contributed by atoms with Gasteiger partial charge in [0.2, 0.25) is 0 Å². The van der Waals surface area contributed by atoms with E-state index in [9.17, 15) is 0 Å². The molecule has 1 nitrogen and oxygen atoms in total. The molecule has 1 fully saturated rings. The van der Waals surface area contributed by atoms with Crippen LogP contribution in [0.25, 0.3) is 0 Å². The molecule has 1 aliphatic heterocycles. The predicted octanol–water partition coefficient (Wildman–Crippen LogP) is 2.15. The first-order valence-electron chi connectivity index (χ1n) is 2.86. The summed E-state index contributed by atoms with van der Waals surface area (Å²) >= 11 is 3.39. The second-order valence-electron chi connectivity index (χ2n) is 3.09. The Morgan fingerprint density at radius 1 is 1.62 bits per heavy atom. The molecule has 0 aromatic carbocycles. The van der Waals surface area contributed by atoms with Crippen LogP contribution in [0.4, 0.5) is 0 Å². The van der Waals surface area contributed by atoms with Crippen molar-refractivity contribution in [3.8, 4) is 0 Å². The van der Waals surface area contributed by atoms with Crippen molar-refractivity contribution in [1.82, 2.24) is 0 Å². The van der Waals surface area contributed by atoms with E-state index in [1.165, 1.54) is 0 Å². The van der Waals surface area contributed by atoms with Crippen molar-refractivity contribution in [3.63, 3.8) is 0 Å². The number of alkyl halides is 1. The Balaban J connectivity index is 2.44. The van der Waals surface area contributed by atoms with Crippen LogP contribution in [0.2, 0.25) is 0 Å². The molecule has 1 unspecified atom stereocenters. The maximum atomic E-state index is 5.28. The Kier molecular flexibility index (Phi) is 1.63. The van der Waals surface area contributed by atoms with Crippen LogP contribution < -0.4 is 0 Å². The fourth-order valence-corrected chi connectivity index (χ4v) is 1.88. The number of halogens is 1. The summed E-state index contributed by atoms with van der Waals surface area (Å²) in [5.74, 6) is 0. The molecule has 0 radical (unpaired) electrons. The molecule has 8 heavy (non-hydrogen) atoms. The average Bonchev–Trinajstić information content (AvgIpc) is 1.82. The monoisotopic (exact) mass is 178 g/mol. The summed E-state index contributed by atoms with van der Waals surface area (Å²) in [4.78, 5) is 0. The minimum atomic E-state index is 0.303. The number of rotatable bonds is 0. The summed E-state index contributed by atoms with van der Waals surface area (Å²) in [7, 11) is 0. The van der Waals surface area contributed by atoms with Crippen molar-refractivity contribution in [2.24, 2.45) is 5.41 Å². The Morgan fingerprint density at radius 3 is 2.38 bits per heavy atom. The third-order valence-corrected chi connectivity index (χ3v) is 1.96. The molecule has 0 aromatic rings. The van der Waals surface area contributed by atoms with Crippen LogP contribution >= 0.6 is 15.9 Å². The van der Waals surface area contributed by atoms with E-state index in [4.69, 9.17) is 4.74 Å². The molecule has 1 atom stereocenters. The molecule has 48 valence electrons. The van der Waals surface area contributed by atoms with Crippen molar-refractivity contribution in [2.75, 3.05) is 6.61 Å². The Bertz CT molecular complexity index is 90.5. The molecule has 2 heteroatoms. The van der Waals surface area contributed by atoms with Gasteiger partial charge in [0, 0.05) is 0 Å². The van der Waals surface area contributed by atoms with E-state index >= 15 is 0 Å². The molecule has 0 saturated carbocycles. The van der Waals surface area contributed by atoms with E-state index in [1.807, 2.05) is 0 Å². The molecule has 0 spiro atoms. The third-order valence-electron chi connectivity index (χ3n) is 1.37. The van der Waals surface area contributed by atoms with Gasteiger partial charge in [-0.3, -0.25) is 0 Å². The molecular weight excluding hydrogens is 168 g/mol. The SMILES string of the molecule is CC1(C)COC(Br)C1. The molecule has 0 aromatic heterocycles. The van der Waals surface area contributed by atoms with Gasteiger partial charge in [-0.2, -0.15) is 0 Å². The summed E-state index contributed by atoms with van der Waals surface area (Å²) in [6.45, 7) is 5.32. The first-order valence-corrected chi connectivity index (χ1v) is 3.77. The second-order valence-corrected chi connectivity index (χ2v) is 4.11. The van der Waals surface area contributed by atoms with Crippen LogP contribution in [0.15, 0.2) is 0 Å². The number of hydrogen-bond donors (Lipinski definition) is 0. The van der Waals surface area contributed by atoms with Gasteiger partial charge in [0.15, 0.2) is 0 Å². The summed E-state index contributed by atoms with van der Waals surface area (Å²) in [5.41, 5.74) is 0.397. The quantitative estimate of drug-likeness (QED) is 0.517. The first kappa shape index (κ1) is 6.56. The molecule has 0 bridgehead atoms. The van der Waals surface area contributed by atoms with Crippen molar-refractivity contribution in [3.05, 3.63) is 0 Å². The lowest BCUT2D eigenvalue weighted by Crippen LogP contribution is -2.08. The zero-order valence-corrected chi connectivity index (χ0v) is 6.86. The van der Waals surface area contributed by atoms with Gasteiger partial charge in [0.1, 0.15) is 5.01 Å². The van der Waals surface area contributed by atoms with E-state index in [-0.39, 0.29) is 0 Å². The molecule has 0 aliphatic carbocycles. The molecule has 1 saturated heterocycles.